The van der Waals surface area contributed by atoms with Crippen LogP contribution in [-0.4, -0.2) is 29.9 Å². The fourth-order valence-electron chi connectivity index (χ4n) is 4.11. The Kier molecular flexibility index (Phi) is 4.59. The van der Waals surface area contributed by atoms with Crippen LogP contribution in [0.1, 0.15) is 55.6 Å². The zero-order chi connectivity index (χ0) is 14.7. The number of amides is 1. The van der Waals surface area contributed by atoms with Crippen LogP contribution in [-0.2, 0) is 11.2 Å². The standard InChI is InChI=1S/C18H26N2O/c19-12-4-11-18(21)20-13-5-10-17(20)16-9-3-7-14-6-1-2-8-15(14)16/h1-2,6,8,16-17H,3-5,7,9-13,19H2. The van der Waals surface area contributed by atoms with Crippen molar-refractivity contribution in [1.29, 1.82) is 0 Å². The van der Waals surface area contributed by atoms with Crippen molar-refractivity contribution in [1.82, 2.24) is 4.90 Å². The van der Waals surface area contributed by atoms with Crippen molar-refractivity contribution in [3.05, 3.63) is 35.4 Å². The molecule has 1 saturated heterocycles. The first-order chi connectivity index (χ1) is 10.3. The fraction of sp³-hybridized carbons (Fsp3) is 0.611. The molecule has 114 valence electrons. The van der Waals surface area contributed by atoms with E-state index in [9.17, 15) is 4.79 Å². The maximum Gasteiger partial charge on any atom is 0.222 e. The molecule has 2 N–H and O–H groups in total. The molecule has 2 aliphatic rings. The van der Waals surface area contributed by atoms with Crippen molar-refractivity contribution in [2.75, 3.05) is 13.1 Å². The molecule has 3 nitrogen and oxygen atoms in total. The van der Waals surface area contributed by atoms with E-state index in [0.29, 0.717) is 30.8 Å². The monoisotopic (exact) mass is 286 g/mol. The largest absolute Gasteiger partial charge is 0.339 e. The number of rotatable bonds is 4. The number of likely N-dealkylation sites (tertiary alicyclic amines) is 1. The lowest BCUT2D eigenvalue weighted by Crippen LogP contribution is -2.40. The van der Waals surface area contributed by atoms with Gasteiger partial charge in [-0.25, -0.2) is 0 Å². The molecule has 0 saturated carbocycles. The summed E-state index contributed by atoms with van der Waals surface area (Å²) in [5, 5.41) is 0. The van der Waals surface area contributed by atoms with Gasteiger partial charge in [-0.3, -0.25) is 4.79 Å². The summed E-state index contributed by atoms with van der Waals surface area (Å²) < 4.78 is 0. The van der Waals surface area contributed by atoms with Gasteiger partial charge in [0.25, 0.3) is 0 Å². The van der Waals surface area contributed by atoms with Gasteiger partial charge in [0.05, 0.1) is 0 Å². The van der Waals surface area contributed by atoms with Gasteiger partial charge >= 0.3 is 0 Å². The Labute approximate surface area is 127 Å². The molecule has 0 radical (unpaired) electrons. The number of benzene rings is 1. The Morgan fingerprint density at radius 2 is 2.10 bits per heavy atom. The molecule has 3 heteroatoms. The molecule has 1 aromatic carbocycles. The second-order valence-electron chi connectivity index (χ2n) is 6.39. The Hall–Kier alpha value is -1.35. The highest BCUT2D eigenvalue weighted by Gasteiger charge is 2.36. The third-order valence-electron chi connectivity index (χ3n) is 5.09. The summed E-state index contributed by atoms with van der Waals surface area (Å²) in [4.78, 5) is 14.6. The lowest BCUT2D eigenvalue weighted by molar-refractivity contribution is -0.132. The first kappa shape index (κ1) is 14.6. The summed E-state index contributed by atoms with van der Waals surface area (Å²) in [7, 11) is 0. The quantitative estimate of drug-likeness (QED) is 0.925. The van der Waals surface area contributed by atoms with Crippen LogP contribution in [0.25, 0.3) is 0 Å². The van der Waals surface area contributed by atoms with Gasteiger partial charge in [-0.05, 0) is 56.2 Å². The van der Waals surface area contributed by atoms with E-state index < -0.39 is 0 Å². The predicted molar refractivity (Wildman–Crippen MR) is 85.1 cm³/mol. The smallest absolute Gasteiger partial charge is 0.222 e. The van der Waals surface area contributed by atoms with E-state index in [2.05, 4.69) is 29.2 Å². The number of carbonyl (C=O) groups is 1. The summed E-state index contributed by atoms with van der Waals surface area (Å²) in [5.41, 5.74) is 8.53. The molecule has 0 spiro atoms. The van der Waals surface area contributed by atoms with Gasteiger partial charge in [0, 0.05) is 24.9 Å². The van der Waals surface area contributed by atoms with Crippen LogP contribution in [0.4, 0.5) is 0 Å². The van der Waals surface area contributed by atoms with Crippen molar-refractivity contribution in [3.8, 4) is 0 Å². The van der Waals surface area contributed by atoms with E-state index in [1.165, 1.54) is 30.4 Å². The number of nitrogens with two attached hydrogens (primary N) is 1. The molecule has 1 fully saturated rings. The molecule has 1 amide bonds. The second kappa shape index (κ2) is 6.61. The minimum Gasteiger partial charge on any atom is -0.339 e. The third kappa shape index (κ3) is 2.98. The van der Waals surface area contributed by atoms with E-state index in [4.69, 9.17) is 5.73 Å². The summed E-state index contributed by atoms with van der Waals surface area (Å²) in [6.07, 6.45) is 7.40. The normalized spacial score (nSPS) is 24.9. The lowest BCUT2D eigenvalue weighted by atomic mass is 9.78. The Morgan fingerprint density at radius 3 is 2.95 bits per heavy atom. The van der Waals surface area contributed by atoms with Crippen molar-refractivity contribution in [2.45, 2.75) is 56.9 Å². The molecule has 3 rings (SSSR count). The average Bonchev–Trinajstić information content (AvgIpc) is 3.01. The SMILES string of the molecule is NCCCC(=O)N1CCCC1C1CCCc2ccccc21. The first-order valence-electron chi connectivity index (χ1n) is 8.38. The van der Waals surface area contributed by atoms with Gasteiger partial charge in [-0.2, -0.15) is 0 Å². The number of aryl methyl sites for hydroxylation is 1. The fourth-order valence-corrected chi connectivity index (χ4v) is 4.11. The van der Waals surface area contributed by atoms with E-state index in [0.717, 1.165) is 25.8 Å². The number of carbonyl (C=O) groups excluding carboxylic acids is 1. The summed E-state index contributed by atoms with van der Waals surface area (Å²) in [6, 6.07) is 9.24. The van der Waals surface area contributed by atoms with Crippen molar-refractivity contribution in [3.63, 3.8) is 0 Å². The Morgan fingerprint density at radius 1 is 1.24 bits per heavy atom. The molecule has 0 bridgehead atoms. The van der Waals surface area contributed by atoms with Crippen LogP contribution in [0, 0.1) is 0 Å². The van der Waals surface area contributed by atoms with E-state index in [1.807, 2.05) is 0 Å². The molecule has 1 aliphatic carbocycles. The van der Waals surface area contributed by atoms with Gasteiger partial charge in [0.1, 0.15) is 0 Å². The summed E-state index contributed by atoms with van der Waals surface area (Å²) in [5.74, 6) is 0.852. The zero-order valence-corrected chi connectivity index (χ0v) is 12.8. The summed E-state index contributed by atoms with van der Waals surface area (Å²) in [6.45, 7) is 1.54. The molecule has 1 heterocycles. The van der Waals surface area contributed by atoms with Crippen molar-refractivity contribution < 1.29 is 4.79 Å². The van der Waals surface area contributed by atoms with Crippen molar-refractivity contribution >= 4 is 5.91 Å². The summed E-state index contributed by atoms with van der Waals surface area (Å²) >= 11 is 0. The lowest BCUT2D eigenvalue weighted by Gasteiger charge is -2.35. The molecule has 2 atom stereocenters. The van der Waals surface area contributed by atoms with Crippen LogP contribution in [0.3, 0.4) is 0 Å². The van der Waals surface area contributed by atoms with Crippen LogP contribution < -0.4 is 5.73 Å². The molecule has 21 heavy (non-hydrogen) atoms. The van der Waals surface area contributed by atoms with Gasteiger partial charge < -0.3 is 10.6 Å². The Balaban J connectivity index is 1.78. The van der Waals surface area contributed by atoms with Crippen LogP contribution >= 0.6 is 0 Å². The maximum absolute atomic E-state index is 12.4. The molecular weight excluding hydrogens is 260 g/mol. The number of fused-ring (bicyclic) bond motifs is 1. The number of hydrogen-bond acceptors (Lipinski definition) is 2. The van der Waals surface area contributed by atoms with Gasteiger partial charge in [0.15, 0.2) is 0 Å². The van der Waals surface area contributed by atoms with E-state index in [-0.39, 0.29) is 0 Å². The molecule has 2 unspecified atom stereocenters. The highest BCUT2D eigenvalue weighted by Crippen LogP contribution is 2.39. The Bertz CT molecular complexity index is 500. The van der Waals surface area contributed by atoms with Crippen LogP contribution in [0.5, 0.6) is 0 Å². The highest BCUT2D eigenvalue weighted by molar-refractivity contribution is 5.77. The van der Waals surface area contributed by atoms with E-state index >= 15 is 0 Å². The molecule has 1 aliphatic heterocycles. The zero-order valence-electron chi connectivity index (χ0n) is 12.8. The van der Waals surface area contributed by atoms with Gasteiger partial charge in [-0.1, -0.05) is 24.3 Å². The minimum absolute atomic E-state index is 0.311. The van der Waals surface area contributed by atoms with Crippen LogP contribution in [0.15, 0.2) is 24.3 Å². The third-order valence-corrected chi connectivity index (χ3v) is 5.09. The maximum atomic E-state index is 12.4. The minimum atomic E-state index is 0.311. The first-order valence-corrected chi connectivity index (χ1v) is 8.38. The van der Waals surface area contributed by atoms with Crippen LogP contribution in [0.2, 0.25) is 0 Å². The van der Waals surface area contributed by atoms with Crippen molar-refractivity contribution in [2.24, 2.45) is 5.73 Å². The number of nitrogens with zero attached hydrogens (tertiary/aromatic N) is 1. The predicted octanol–water partition coefficient (Wildman–Crippen LogP) is 2.84. The molecule has 0 aromatic heterocycles. The topological polar surface area (TPSA) is 46.3 Å². The van der Waals surface area contributed by atoms with Gasteiger partial charge in [0.2, 0.25) is 5.91 Å². The van der Waals surface area contributed by atoms with E-state index in [1.54, 1.807) is 0 Å². The molecule has 1 aromatic rings. The van der Waals surface area contributed by atoms with Gasteiger partial charge in [-0.15, -0.1) is 0 Å². The second-order valence-corrected chi connectivity index (χ2v) is 6.39. The average molecular weight is 286 g/mol. The number of hydrogen-bond donors (Lipinski definition) is 1. The molecular formula is C18H26N2O. The highest BCUT2D eigenvalue weighted by atomic mass is 16.2.